The van der Waals surface area contributed by atoms with Gasteiger partial charge in [0.25, 0.3) is 0 Å². The normalized spacial score (nSPS) is 26.5. The van der Waals surface area contributed by atoms with Crippen LogP contribution in [0.15, 0.2) is 35.5 Å². The van der Waals surface area contributed by atoms with E-state index in [-0.39, 0.29) is 11.0 Å². The van der Waals surface area contributed by atoms with Crippen LogP contribution in [0.5, 0.6) is 0 Å². The number of ether oxygens (including phenoxy) is 2. The first kappa shape index (κ1) is 23.6. The van der Waals surface area contributed by atoms with E-state index in [9.17, 15) is 5.21 Å². The van der Waals surface area contributed by atoms with Crippen molar-refractivity contribution >= 4 is 25.3 Å². The standard InChI is InChI=1S/C25H38N2O4Si/c1-23(2,3)32(6,7)31-15-18-12-13-27(28)14-20-19-10-8-9-11-21(19)26-22(20)25(18)16-29-24(4,5)30-17-25/h8-11,14,18,28H,12-13,15-17H2,1-7H3/b20-14-/t18-/m1/s1. The Hall–Kier alpha value is -1.51. The Morgan fingerprint density at radius 1 is 1.19 bits per heavy atom. The molecule has 0 aromatic heterocycles. The quantitative estimate of drug-likeness (QED) is 0.596. The number of fused-ring (bicyclic) bond motifs is 4. The molecule has 0 aliphatic carbocycles. The summed E-state index contributed by atoms with van der Waals surface area (Å²) in [7, 11) is -1.95. The molecule has 0 radical (unpaired) electrons. The van der Waals surface area contributed by atoms with Gasteiger partial charge >= 0.3 is 0 Å². The van der Waals surface area contributed by atoms with Gasteiger partial charge in [0.2, 0.25) is 0 Å². The lowest BCUT2D eigenvalue weighted by Crippen LogP contribution is -2.57. The maximum Gasteiger partial charge on any atom is 0.191 e. The van der Waals surface area contributed by atoms with Gasteiger partial charge in [-0.3, -0.25) is 15.3 Å². The fourth-order valence-electron chi connectivity index (χ4n) is 4.42. The second-order valence-corrected chi connectivity index (χ2v) is 16.2. The van der Waals surface area contributed by atoms with Crippen molar-refractivity contribution in [3.63, 3.8) is 0 Å². The zero-order chi connectivity index (χ0) is 23.4. The summed E-state index contributed by atoms with van der Waals surface area (Å²) in [5.74, 6) is -0.531. The minimum atomic E-state index is -1.95. The van der Waals surface area contributed by atoms with Crippen LogP contribution in [0.2, 0.25) is 18.1 Å². The summed E-state index contributed by atoms with van der Waals surface area (Å²) in [4.78, 5) is 5.08. The van der Waals surface area contributed by atoms with E-state index >= 15 is 0 Å². The average Bonchev–Trinajstić information content (AvgIpc) is 3.05. The molecule has 1 spiro atoms. The van der Waals surface area contributed by atoms with Gasteiger partial charge in [0, 0.05) is 30.5 Å². The maximum absolute atomic E-state index is 10.6. The van der Waals surface area contributed by atoms with E-state index in [1.807, 2.05) is 38.2 Å². The van der Waals surface area contributed by atoms with Crippen LogP contribution in [-0.4, -0.2) is 56.5 Å². The summed E-state index contributed by atoms with van der Waals surface area (Å²) in [6.45, 7) is 17.4. The summed E-state index contributed by atoms with van der Waals surface area (Å²) in [6, 6.07) is 8.11. The van der Waals surface area contributed by atoms with E-state index in [4.69, 9.17) is 18.9 Å². The molecule has 1 aromatic rings. The van der Waals surface area contributed by atoms with E-state index in [1.165, 1.54) is 5.06 Å². The number of hydrogen-bond donors (Lipinski definition) is 1. The molecule has 0 unspecified atom stereocenters. The molecule has 3 heterocycles. The number of benzene rings is 1. The lowest BCUT2D eigenvalue weighted by atomic mass is 9.68. The van der Waals surface area contributed by atoms with Gasteiger partial charge in [0.1, 0.15) is 0 Å². The third kappa shape index (κ3) is 4.21. The Morgan fingerprint density at radius 3 is 2.50 bits per heavy atom. The van der Waals surface area contributed by atoms with Crippen LogP contribution >= 0.6 is 0 Å². The molecule has 0 bridgehead atoms. The highest BCUT2D eigenvalue weighted by Gasteiger charge is 2.53. The lowest BCUT2D eigenvalue weighted by Gasteiger charge is -2.49. The summed E-state index contributed by atoms with van der Waals surface area (Å²) in [5, 5.41) is 12.1. The van der Waals surface area contributed by atoms with Gasteiger partial charge in [-0.25, -0.2) is 0 Å². The number of allylic oxidation sites excluding steroid dienone is 1. The molecule has 7 heteroatoms. The molecule has 1 atom stereocenters. The highest BCUT2D eigenvalue weighted by Crippen LogP contribution is 2.49. The Balaban J connectivity index is 1.76. The summed E-state index contributed by atoms with van der Waals surface area (Å²) in [5.41, 5.74) is 3.42. The highest BCUT2D eigenvalue weighted by atomic mass is 28.4. The smallest absolute Gasteiger partial charge is 0.191 e. The van der Waals surface area contributed by atoms with Gasteiger partial charge in [-0.05, 0) is 50.4 Å². The molecule has 1 N–H and O–H groups in total. The second-order valence-electron chi connectivity index (χ2n) is 11.4. The average molecular weight is 459 g/mol. The van der Waals surface area contributed by atoms with Crippen LogP contribution < -0.4 is 0 Å². The zero-order valence-corrected chi connectivity index (χ0v) is 21.6. The number of hydroxylamine groups is 2. The monoisotopic (exact) mass is 458 g/mol. The van der Waals surface area contributed by atoms with Gasteiger partial charge in [0.05, 0.1) is 30.0 Å². The van der Waals surface area contributed by atoms with Crippen LogP contribution in [0.4, 0.5) is 5.69 Å². The number of hydrogen-bond acceptors (Lipinski definition) is 6. The molecule has 32 heavy (non-hydrogen) atoms. The van der Waals surface area contributed by atoms with Gasteiger partial charge in [-0.2, -0.15) is 0 Å². The number of nitrogens with zero attached hydrogens (tertiary/aromatic N) is 2. The minimum Gasteiger partial charge on any atom is -0.417 e. The first-order valence-corrected chi connectivity index (χ1v) is 14.5. The third-order valence-corrected chi connectivity index (χ3v) is 12.2. The summed E-state index contributed by atoms with van der Waals surface area (Å²) < 4.78 is 19.3. The summed E-state index contributed by atoms with van der Waals surface area (Å²) >= 11 is 0. The minimum absolute atomic E-state index is 0.0964. The van der Waals surface area contributed by atoms with Gasteiger partial charge in [0.15, 0.2) is 14.1 Å². The van der Waals surface area contributed by atoms with Crippen molar-refractivity contribution in [3.05, 3.63) is 36.0 Å². The van der Waals surface area contributed by atoms with Crippen LogP contribution in [0.25, 0.3) is 5.57 Å². The molecule has 1 aromatic carbocycles. The van der Waals surface area contributed by atoms with E-state index in [2.05, 4.69) is 39.9 Å². The van der Waals surface area contributed by atoms with Crippen molar-refractivity contribution in [3.8, 4) is 0 Å². The van der Waals surface area contributed by atoms with Crippen LogP contribution in [-0.2, 0) is 13.9 Å². The molecule has 0 amide bonds. The van der Waals surface area contributed by atoms with Crippen molar-refractivity contribution in [2.24, 2.45) is 16.3 Å². The second kappa shape index (κ2) is 8.06. The molecule has 6 nitrogen and oxygen atoms in total. The van der Waals surface area contributed by atoms with Gasteiger partial charge in [-0.1, -0.05) is 39.0 Å². The van der Waals surface area contributed by atoms with Crippen molar-refractivity contribution < 1.29 is 19.1 Å². The first-order chi connectivity index (χ1) is 14.8. The van der Waals surface area contributed by atoms with Crippen molar-refractivity contribution in [1.82, 2.24) is 5.06 Å². The number of aliphatic imine (C=N–C) groups is 1. The van der Waals surface area contributed by atoms with Crippen LogP contribution in [0.3, 0.4) is 0 Å². The van der Waals surface area contributed by atoms with E-state index < -0.39 is 19.5 Å². The van der Waals surface area contributed by atoms with Crippen LogP contribution in [0.1, 0.15) is 46.6 Å². The molecule has 0 saturated carbocycles. The Bertz CT molecular complexity index is 922. The zero-order valence-electron chi connectivity index (χ0n) is 20.6. The molecule has 3 aliphatic rings. The summed E-state index contributed by atoms with van der Waals surface area (Å²) in [6.07, 6.45) is 2.58. The van der Waals surface area contributed by atoms with E-state index in [0.29, 0.717) is 26.4 Å². The molecular formula is C25H38N2O4Si. The fraction of sp³-hybridized carbons (Fsp3) is 0.640. The SMILES string of the molecule is CC1(C)OCC2(CO1)C1=Nc3ccccc3/C1=C/N(O)CC[C@@H]2CO[Si](C)(C)C(C)(C)C. The fourth-order valence-corrected chi connectivity index (χ4v) is 5.47. The lowest BCUT2D eigenvalue weighted by molar-refractivity contribution is -0.281. The van der Waals surface area contributed by atoms with E-state index in [0.717, 1.165) is 29.0 Å². The van der Waals surface area contributed by atoms with Crippen LogP contribution in [0, 0.1) is 11.3 Å². The molecule has 1 fully saturated rings. The molecule has 176 valence electrons. The molecular weight excluding hydrogens is 420 g/mol. The Kier molecular flexibility index (Phi) is 5.95. The highest BCUT2D eigenvalue weighted by molar-refractivity contribution is 6.74. The van der Waals surface area contributed by atoms with Crippen molar-refractivity contribution in [2.75, 3.05) is 26.4 Å². The largest absolute Gasteiger partial charge is 0.417 e. The van der Waals surface area contributed by atoms with E-state index in [1.54, 1.807) is 0 Å². The first-order valence-electron chi connectivity index (χ1n) is 11.6. The Morgan fingerprint density at radius 2 is 1.84 bits per heavy atom. The number of para-hydroxylation sites is 1. The molecule has 4 rings (SSSR count). The van der Waals surface area contributed by atoms with Gasteiger partial charge in [-0.15, -0.1) is 0 Å². The molecule has 1 saturated heterocycles. The third-order valence-electron chi connectivity index (χ3n) is 7.73. The number of rotatable bonds is 3. The van der Waals surface area contributed by atoms with Crippen molar-refractivity contribution in [1.29, 1.82) is 0 Å². The topological polar surface area (TPSA) is 63.5 Å². The maximum atomic E-state index is 10.6. The predicted octanol–water partition coefficient (Wildman–Crippen LogP) is 5.62. The van der Waals surface area contributed by atoms with Gasteiger partial charge < -0.3 is 13.9 Å². The Labute approximate surface area is 193 Å². The van der Waals surface area contributed by atoms with Crippen molar-refractivity contribution in [2.45, 2.75) is 65.0 Å². The molecule has 3 aliphatic heterocycles. The predicted molar refractivity (Wildman–Crippen MR) is 130 cm³/mol.